The quantitative estimate of drug-likeness (QED) is 0.829. The topological polar surface area (TPSA) is 85.1 Å². The van der Waals surface area contributed by atoms with Crippen LogP contribution in [-0.4, -0.2) is 13.4 Å². The van der Waals surface area contributed by atoms with Crippen LogP contribution >= 0.6 is 34.5 Å². The Bertz CT molecular complexity index is 744. The average molecular weight is 352 g/mol. The monoisotopic (exact) mass is 351 g/mol. The number of hydrogen-bond donors (Lipinski definition) is 2. The Balaban J connectivity index is 2.25. The van der Waals surface area contributed by atoms with E-state index in [0.717, 1.165) is 5.01 Å². The van der Waals surface area contributed by atoms with Crippen LogP contribution in [0.25, 0.3) is 0 Å². The van der Waals surface area contributed by atoms with E-state index < -0.39 is 10.0 Å². The van der Waals surface area contributed by atoms with E-state index >= 15 is 0 Å². The summed E-state index contributed by atoms with van der Waals surface area (Å²) in [6.07, 6.45) is 0. The number of nitrogens with zero attached hydrogens (tertiary/aromatic N) is 1. The molecule has 1 aromatic heterocycles. The number of thiazole rings is 1. The first-order chi connectivity index (χ1) is 9.31. The Morgan fingerprint density at radius 2 is 2.10 bits per heavy atom. The Kier molecular flexibility index (Phi) is 4.55. The molecule has 9 heteroatoms. The second-order valence-electron chi connectivity index (χ2n) is 3.96. The normalized spacial score (nSPS) is 11.8. The van der Waals surface area contributed by atoms with Gasteiger partial charge in [0.15, 0.2) is 0 Å². The summed E-state index contributed by atoms with van der Waals surface area (Å²) in [7, 11) is -3.78. The smallest absolute Gasteiger partial charge is 0.242 e. The zero-order chi connectivity index (χ0) is 14.9. The van der Waals surface area contributed by atoms with E-state index in [1.807, 2.05) is 6.92 Å². The molecule has 2 aromatic rings. The van der Waals surface area contributed by atoms with E-state index in [0.29, 0.717) is 5.69 Å². The molecule has 1 aromatic carbocycles. The first-order valence-corrected chi connectivity index (χ1v) is 8.57. The number of nitrogens with one attached hydrogen (secondary N) is 1. The van der Waals surface area contributed by atoms with Crippen LogP contribution in [0.3, 0.4) is 0 Å². The van der Waals surface area contributed by atoms with Crippen molar-refractivity contribution in [3.05, 3.63) is 38.3 Å². The molecule has 0 atom stereocenters. The highest BCUT2D eigenvalue weighted by Crippen LogP contribution is 2.33. The predicted octanol–water partition coefficient (Wildman–Crippen LogP) is 2.82. The molecule has 5 nitrogen and oxygen atoms in total. The van der Waals surface area contributed by atoms with E-state index in [4.69, 9.17) is 28.9 Å². The van der Waals surface area contributed by atoms with Crippen molar-refractivity contribution in [3.63, 3.8) is 0 Å². The van der Waals surface area contributed by atoms with Crippen molar-refractivity contribution in [1.82, 2.24) is 9.71 Å². The summed E-state index contributed by atoms with van der Waals surface area (Å²) >= 11 is 13.2. The van der Waals surface area contributed by atoms with E-state index in [1.165, 1.54) is 23.5 Å². The van der Waals surface area contributed by atoms with Crippen molar-refractivity contribution in [2.75, 3.05) is 5.73 Å². The van der Waals surface area contributed by atoms with Crippen LogP contribution in [0.1, 0.15) is 10.7 Å². The lowest BCUT2D eigenvalue weighted by Crippen LogP contribution is -2.24. The fourth-order valence-electron chi connectivity index (χ4n) is 1.49. The highest BCUT2D eigenvalue weighted by atomic mass is 35.5. The summed E-state index contributed by atoms with van der Waals surface area (Å²) in [5, 5.41) is 2.78. The van der Waals surface area contributed by atoms with Crippen molar-refractivity contribution < 1.29 is 8.42 Å². The first-order valence-electron chi connectivity index (χ1n) is 5.45. The number of nitrogens with two attached hydrogens (primary N) is 1. The molecule has 108 valence electrons. The second kappa shape index (κ2) is 5.87. The van der Waals surface area contributed by atoms with Crippen molar-refractivity contribution in [2.45, 2.75) is 18.4 Å². The van der Waals surface area contributed by atoms with E-state index in [1.54, 1.807) is 5.38 Å². The molecular weight excluding hydrogens is 341 g/mol. The van der Waals surface area contributed by atoms with Crippen molar-refractivity contribution in [1.29, 1.82) is 0 Å². The third kappa shape index (κ3) is 3.24. The van der Waals surface area contributed by atoms with Gasteiger partial charge in [0.05, 0.1) is 33.0 Å². The largest absolute Gasteiger partial charge is 0.396 e. The van der Waals surface area contributed by atoms with E-state index in [9.17, 15) is 8.42 Å². The molecule has 1 heterocycles. The number of aryl methyl sites for hydroxylation is 1. The van der Waals surface area contributed by atoms with Crippen LogP contribution in [0.2, 0.25) is 10.0 Å². The van der Waals surface area contributed by atoms with Crippen molar-refractivity contribution in [2.24, 2.45) is 0 Å². The maximum absolute atomic E-state index is 12.2. The lowest BCUT2D eigenvalue weighted by atomic mass is 10.3. The minimum absolute atomic E-state index is 0.0423. The number of nitrogen functional groups attached to an aromatic ring is 1. The molecule has 0 aliphatic heterocycles. The molecule has 0 spiro atoms. The molecule has 0 aliphatic rings. The maximum atomic E-state index is 12.2. The SMILES string of the molecule is Cc1nc(CNS(=O)(=O)c2ccc(Cl)c(N)c2Cl)cs1. The molecule has 0 unspecified atom stereocenters. The van der Waals surface area contributed by atoms with E-state index in [2.05, 4.69) is 9.71 Å². The standard InChI is InChI=1S/C11H11Cl2N3O2S2/c1-6-16-7(5-19-6)4-15-20(17,18)9-3-2-8(12)11(14)10(9)13/h2-3,5,15H,4,14H2,1H3. The zero-order valence-electron chi connectivity index (χ0n) is 10.4. The van der Waals surface area contributed by atoms with Gasteiger partial charge in [-0.2, -0.15) is 0 Å². The number of halogens is 2. The summed E-state index contributed by atoms with van der Waals surface area (Å²) in [4.78, 5) is 4.07. The third-order valence-electron chi connectivity index (χ3n) is 2.49. The summed E-state index contributed by atoms with van der Waals surface area (Å²) in [5.41, 5.74) is 6.31. The summed E-state index contributed by atoms with van der Waals surface area (Å²) in [5.74, 6) is 0. The third-order valence-corrected chi connectivity index (χ3v) is 5.61. The summed E-state index contributed by atoms with van der Waals surface area (Å²) in [6.45, 7) is 1.94. The van der Waals surface area contributed by atoms with Gasteiger partial charge in [0.2, 0.25) is 10.0 Å². The van der Waals surface area contributed by atoms with Crippen LogP contribution in [0, 0.1) is 6.92 Å². The van der Waals surface area contributed by atoms with Gasteiger partial charge in [-0.25, -0.2) is 18.1 Å². The minimum atomic E-state index is -3.78. The van der Waals surface area contributed by atoms with Gasteiger partial charge in [0.25, 0.3) is 0 Å². The molecule has 0 amide bonds. The van der Waals surface area contributed by atoms with Gasteiger partial charge < -0.3 is 5.73 Å². The van der Waals surface area contributed by atoms with Gasteiger partial charge in [0, 0.05) is 5.38 Å². The maximum Gasteiger partial charge on any atom is 0.242 e. The van der Waals surface area contributed by atoms with Gasteiger partial charge in [-0.1, -0.05) is 23.2 Å². The Hall–Kier alpha value is -0.860. The lowest BCUT2D eigenvalue weighted by molar-refractivity contribution is 0.580. The van der Waals surface area contributed by atoms with Crippen LogP contribution in [0.4, 0.5) is 5.69 Å². The van der Waals surface area contributed by atoms with Gasteiger partial charge in [0.1, 0.15) is 4.90 Å². The molecule has 0 saturated carbocycles. The molecule has 0 fully saturated rings. The second-order valence-corrected chi connectivity index (χ2v) is 7.54. The molecule has 3 N–H and O–H groups in total. The van der Waals surface area contributed by atoms with Crippen molar-refractivity contribution in [3.8, 4) is 0 Å². The van der Waals surface area contributed by atoms with Crippen LogP contribution in [0.5, 0.6) is 0 Å². The number of aromatic nitrogens is 1. The molecule has 0 saturated heterocycles. The summed E-state index contributed by atoms with van der Waals surface area (Å²) in [6, 6.07) is 2.71. The van der Waals surface area contributed by atoms with Gasteiger partial charge in [-0.3, -0.25) is 0 Å². The fourth-order valence-corrected chi connectivity index (χ4v) is 3.87. The number of benzene rings is 1. The van der Waals surface area contributed by atoms with Crippen LogP contribution < -0.4 is 10.5 Å². The van der Waals surface area contributed by atoms with Gasteiger partial charge >= 0.3 is 0 Å². The highest BCUT2D eigenvalue weighted by Gasteiger charge is 2.20. The molecule has 0 aliphatic carbocycles. The molecule has 20 heavy (non-hydrogen) atoms. The van der Waals surface area contributed by atoms with Crippen LogP contribution in [-0.2, 0) is 16.6 Å². The predicted molar refractivity (Wildman–Crippen MR) is 81.8 cm³/mol. The first kappa shape index (κ1) is 15.5. The zero-order valence-corrected chi connectivity index (χ0v) is 13.5. The molecule has 2 rings (SSSR count). The Morgan fingerprint density at radius 1 is 1.40 bits per heavy atom. The molecular formula is C11H11Cl2N3O2S2. The highest BCUT2D eigenvalue weighted by molar-refractivity contribution is 7.89. The van der Waals surface area contributed by atoms with Gasteiger partial charge in [-0.15, -0.1) is 11.3 Å². The number of anilines is 1. The molecule has 0 radical (unpaired) electrons. The number of rotatable bonds is 4. The molecule has 0 bridgehead atoms. The number of sulfonamides is 1. The minimum Gasteiger partial charge on any atom is -0.396 e. The Morgan fingerprint density at radius 3 is 2.70 bits per heavy atom. The average Bonchev–Trinajstić information content (AvgIpc) is 2.79. The lowest BCUT2D eigenvalue weighted by Gasteiger charge is -2.09. The van der Waals surface area contributed by atoms with E-state index in [-0.39, 0.29) is 27.2 Å². The Labute approximate surface area is 130 Å². The summed E-state index contributed by atoms with van der Waals surface area (Å²) < 4.78 is 26.8. The fraction of sp³-hybridized carbons (Fsp3) is 0.182. The van der Waals surface area contributed by atoms with Crippen LogP contribution in [0.15, 0.2) is 22.4 Å². The number of hydrogen-bond acceptors (Lipinski definition) is 5. The van der Waals surface area contributed by atoms with Gasteiger partial charge in [-0.05, 0) is 19.1 Å². The van der Waals surface area contributed by atoms with Crippen molar-refractivity contribution >= 4 is 50.2 Å².